The molecule has 0 unspecified atom stereocenters. The van der Waals surface area contributed by atoms with Gasteiger partial charge in [0.05, 0.1) is 5.56 Å². The molecule has 1 N–H and O–H groups in total. The van der Waals surface area contributed by atoms with Crippen LogP contribution >= 0.6 is 23.7 Å². The highest BCUT2D eigenvalue weighted by Gasteiger charge is 2.25. The summed E-state index contributed by atoms with van der Waals surface area (Å²) in [7, 11) is 0. The zero-order chi connectivity index (χ0) is 18.8. The SMILES string of the molecule is Cc1cc(=O)oc(C)c1C(=O)N1CCN(Cc2ccc(C(=O)O)s2)CC1.Cl. The lowest BCUT2D eigenvalue weighted by atomic mass is 10.1. The van der Waals surface area contributed by atoms with Gasteiger partial charge in [0.15, 0.2) is 0 Å². The van der Waals surface area contributed by atoms with Crippen LogP contribution in [-0.2, 0) is 6.54 Å². The maximum atomic E-state index is 12.8. The Morgan fingerprint density at radius 1 is 1.19 bits per heavy atom. The molecule has 3 rings (SSSR count). The molecular weight excluding hydrogens is 392 g/mol. The van der Waals surface area contributed by atoms with Crippen LogP contribution in [0.3, 0.4) is 0 Å². The van der Waals surface area contributed by atoms with Crippen LogP contribution in [0.25, 0.3) is 0 Å². The third-order valence-corrected chi connectivity index (χ3v) is 5.52. The van der Waals surface area contributed by atoms with Crippen molar-refractivity contribution in [1.29, 1.82) is 0 Å². The molecular formula is C18H21ClN2O5S. The van der Waals surface area contributed by atoms with E-state index in [1.54, 1.807) is 24.8 Å². The number of thiophene rings is 1. The summed E-state index contributed by atoms with van der Waals surface area (Å²) in [6.07, 6.45) is 0. The first-order valence-electron chi connectivity index (χ1n) is 8.30. The van der Waals surface area contributed by atoms with Crippen molar-refractivity contribution in [3.05, 3.63) is 55.3 Å². The van der Waals surface area contributed by atoms with Crippen molar-refractivity contribution in [2.75, 3.05) is 26.2 Å². The predicted octanol–water partition coefficient (Wildman–Crippen LogP) is 2.40. The second-order valence-corrected chi connectivity index (χ2v) is 7.49. The highest BCUT2D eigenvalue weighted by molar-refractivity contribution is 7.13. The summed E-state index contributed by atoms with van der Waals surface area (Å²) >= 11 is 1.28. The maximum Gasteiger partial charge on any atom is 0.345 e. The fourth-order valence-corrected chi connectivity index (χ4v) is 4.03. The van der Waals surface area contributed by atoms with Gasteiger partial charge < -0.3 is 14.4 Å². The van der Waals surface area contributed by atoms with Gasteiger partial charge in [0, 0.05) is 43.7 Å². The molecule has 146 valence electrons. The highest BCUT2D eigenvalue weighted by atomic mass is 35.5. The number of carboxylic acids is 1. The first kappa shape index (κ1) is 21.1. The van der Waals surface area contributed by atoms with Gasteiger partial charge in [-0.2, -0.15) is 0 Å². The number of aromatic carboxylic acids is 1. The van der Waals surface area contributed by atoms with E-state index in [0.29, 0.717) is 54.5 Å². The molecule has 0 atom stereocenters. The molecule has 9 heteroatoms. The van der Waals surface area contributed by atoms with Crippen molar-refractivity contribution >= 4 is 35.6 Å². The van der Waals surface area contributed by atoms with Gasteiger partial charge in [-0.1, -0.05) is 0 Å². The molecule has 1 fully saturated rings. The van der Waals surface area contributed by atoms with Crippen molar-refractivity contribution in [2.24, 2.45) is 0 Å². The van der Waals surface area contributed by atoms with Crippen LogP contribution in [0.2, 0.25) is 0 Å². The Morgan fingerprint density at radius 3 is 2.41 bits per heavy atom. The van der Waals surface area contributed by atoms with E-state index in [0.717, 1.165) is 4.88 Å². The van der Waals surface area contributed by atoms with Gasteiger partial charge in [0.1, 0.15) is 10.6 Å². The lowest BCUT2D eigenvalue weighted by Crippen LogP contribution is -2.48. The molecule has 0 bridgehead atoms. The lowest BCUT2D eigenvalue weighted by Gasteiger charge is -2.34. The average molecular weight is 413 g/mol. The number of halogens is 1. The topological polar surface area (TPSA) is 91.1 Å². The summed E-state index contributed by atoms with van der Waals surface area (Å²) in [5.74, 6) is -0.674. The summed E-state index contributed by atoms with van der Waals surface area (Å²) in [6.45, 7) is 6.63. The van der Waals surface area contributed by atoms with E-state index >= 15 is 0 Å². The van der Waals surface area contributed by atoms with E-state index in [9.17, 15) is 14.4 Å². The zero-order valence-electron chi connectivity index (χ0n) is 15.1. The monoisotopic (exact) mass is 412 g/mol. The summed E-state index contributed by atoms with van der Waals surface area (Å²) in [6, 6.07) is 4.80. The fraction of sp³-hybridized carbons (Fsp3) is 0.389. The van der Waals surface area contributed by atoms with E-state index in [1.165, 1.54) is 17.4 Å². The number of piperazine rings is 1. The fourth-order valence-electron chi connectivity index (χ4n) is 3.14. The second-order valence-electron chi connectivity index (χ2n) is 6.32. The van der Waals surface area contributed by atoms with Gasteiger partial charge in [-0.25, -0.2) is 9.59 Å². The number of aryl methyl sites for hydroxylation is 2. The highest BCUT2D eigenvalue weighted by Crippen LogP contribution is 2.20. The largest absolute Gasteiger partial charge is 0.477 e. The minimum Gasteiger partial charge on any atom is -0.477 e. The van der Waals surface area contributed by atoms with Crippen LogP contribution in [0.1, 0.15) is 36.2 Å². The number of nitrogens with zero attached hydrogens (tertiary/aromatic N) is 2. The smallest absolute Gasteiger partial charge is 0.345 e. The third-order valence-electron chi connectivity index (χ3n) is 4.46. The van der Waals surface area contributed by atoms with E-state index < -0.39 is 11.6 Å². The molecule has 1 aliphatic heterocycles. The molecule has 0 radical (unpaired) electrons. The van der Waals surface area contributed by atoms with E-state index in [4.69, 9.17) is 9.52 Å². The zero-order valence-corrected chi connectivity index (χ0v) is 16.7. The number of hydrogen-bond donors (Lipinski definition) is 1. The van der Waals surface area contributed by atoms with Crippen molar-refractivity contribution in [1.82, 2.24) is 9.80 Å². The standard InChI is InChI=1S/C18H20N2O5S.ClH/c1-11-9-15(21)25-12(2)16(11)17(22)20-7-5-19(6-8-20)10-13-3-4-14(26-13)18(23)24;/h3-4,9H,5-8,10H2,1-2H3,(H,23,24);1H. The van der Waals surface area contributed by atoms with Gasteiger partial charge >= 0.3 is 11.6 Å². The second kappa shape index (κ2) is 8.69. The van der Waals surface area contributed by atoms with Gasteiger partial charge in [-0.15, -0.1) is 23.7 Å². The quantitative estimate of drug-likeness (QED) is 0.829. The van der Waals surface area contributed by atoms with Crippen molar-refractivity contribution in [2.45, 2.75) is 20.4 Å². The third kappa shape index (κ3) is 4.77. The molecule has 7 nitrogen and oxygen atoms in total. The Bertz CT molecular complexity index is 873. The number of amides is 1. The normalized spacial score (nSPS) is 14.7. The van der Waals surface area contributed by atoms with Crippen molar-refractivity contribution < 1.29 is 19.1 Å². The first-order valence-corrected chi connectivity index (χ1v) is 9.12. The Hall–Kier alpha value is -2.16. The van der Waals surface area contributed by atoms with Crippen LogP contribution in [0.15, 0.2) is 27.4 Å². The predicted molar refractivity (Wildman–Crippen MR) is 104 cm³/mol. The minimum atomic E-state index is -0.906. The first-order chi connectivity index (χ1) is 12.3. The average Bonchev–Trinajstić information content (AvgIpc) is 3.03. The van der Waals surface area contributed by atoms with E-state index in [-0.39, 0.29) is 18.3 Å². The summed E-state index contributed by atoms with van der Waals surface area (Å²) in [4.78, 5) is 40.4. The Labute approximate surface area is 166 Å². The van der Waals surface area contributed by atoms with Gasteiger partial charge in [-0.3, -0.25) is 9.69 Å². The van der Waals surface area contributed by atoms with Gasteiger partial charge in [0.2, 0.25) is 0 Å². The number of carbonyl (C=O) groups excluding carboxylic acids is 1. The number of carbonyl (C=O) groups is 2. The molecule has 2 aromatic rings. The summed E-state index contributed by atoms with van der Waals surface area (Å²) in [5.41, 5.74) is 0.645. The van der Waals surface area contributed by atoms with Crippen LogP contribution in [0, 0.1) is 13.8 Å². The van der Waals surface area contributed by atoms with Crippen molar-refractivity contribution in [3.8, 4) is 0 Å². The van der Waals surface area contributed by atoms with E-state index in [2.05, 4.69) is 4.90 Å². The number of rotatable bonds is 4. The van der Waals surface area contributed by atoms with E-state index in [1.807, 2.05) is 6.07 Å². The molecule has 27 heavy (non-hydrogen) atoms. The lowest BCUT2D eigenvalue weighted by molar-refractivity contribution is 0.0623. The Kier molecular flexibility index (Phi) is 6.80. The molecule has 1 amide bonds. The molecule has 0 aromatic carbocycles. The van der Waals surface area contributed by atoms with Crippen LogP contribution in [0.4, 0.5) is 0 Å². The Morgan fingerprint density at radius 2 is 1.85 bits per heavy atom. The van der Waals surface area contributed by atoms with Crippen LogP contribution < -0.4 is 5.63 Å². The van der Waals surface area contributed by atoms with Gasteiger partial charge in [0.25, 0.3) is 5.91 Å². The molecule has 2 aromatic heterocycles. The van der Waals surface area contributed by atoms with Crippen molar-refractivity contribution in [3.63, 3.8) is 0 Å². The minimum absolute atomic E-state index is 0. The summed E-state index contributed by atoms with van der Waals surface area (Å²) in [5, 5.41) is 9.00. The Balaban J connectivity index is 0.00000261. The molecule has 0 spiro atoms. The molecule has 3 heterocycles. The molecule has 1 saturated heterocycles. The maximum absolute atomic E-state index is 12.8. The number of carboxylic acid groups (broad SMARTS) is 1. The molecule has 0 aliphatic carbocycles. The summed E-state index contributed by atoms with van der Waals surface area (Å²) < 4.78 is 5.06. The molecule has 1 aliphatic rings. The number of hydrogen-bond acceptors (Lipinski definition) is 6. The van der Waals surface area contributed by atoms with Crippen LogP contribution in [-0.4, -0.2) is 53.0 Å². The van der Waals surface area contributed by atoms with Crippen LogP contribution in [0.5, 0.6) is 0 Å². The molecule has 0 saturated carbocycles. The van der Waals surface area contributed by atoms with Gasteiger partial charge in [-0.05, 0) is 31.5 Å².